The lowest BCUT2D eigenvalue weighted by Gasteiger charge is -2.14. The summed E-state index contributed by atoms with van der Waals surface area (Å²) in [6.07, 6.45) is -0.226. The number of thiophene rings is 1. The van der Waals surface area contributed by atoms with Crippen molar-refractivity contribution in [2.24, 2.45) is 0 Å². The minimum atomic E-state index is -0.784. The normalized spacial score (nSPS) is 19.1. The van der Waals surface area contributed by atoms with Crippen LogP contribution in [0.3, 0.4) is 0 Å². The van der Waals surface area contributed by atoms with Gasteiger partial charge in [0.15, 0.2) is 6.29 Å². The molecule has 2 rings (SSSR count). The third-order valence-corrected chi connectivity index (χ3v) is 3.13. The van der Waals surface area contributed by atoms with Crippen molar-refractivity contribution >= 4 is 11.3 Å². The molecule has 0 spiro atoms. The van der Waals surface area contributed by atoms with Crippen molar-refractivity contribution in [3.63, 3.8) is 0 Å². The maximum atomic E-state index is 9.77. The van der Waals surface area contributed by atoms with Gasteiger partial charge in [-0.3, -0.25) is 0 Å². The summed E-state index contributed by atoms with van der Waals surface area (Å²) in [6, 6.07) is 1.95. The molecular weight excluding hydrogens is 200 g/mol. The second-order valence-corrected chi connectivity index (χ2v) is 4.81. The quantitative estimate of drug-likeness (QED) is 0.818. The third-order valence-electron chi connectivity index (χ3n) is 2.18. The van der Waals surface area contributed by atoms with Crippen LogP contribution in [0.2, 0.25) is 0 Å². The van der Waals surface area contributed by atoms with Crippen LogP contribution in [0.4, 0.5) is 0 Å². The van der Waals surface area contributed by atoms with E-state index in [1.807, 2.05) is 11.4 Å². The standard InChI is InChI=1S/C10H14O3S/c1-10(2,11)7-5-8(14-6-7)9-12-3-4-13-9/h5-6,9,11H,3-4H2,1-2H3. The molecule has 0 unspecified atom stereocenters. The lowest BCUT2D eigenvalue weighted by Crippen LogP contribution is -2.13. The molecular formula is C10H14O3S. The summed E-state index contributed by atoms with van der Waals surface area (Å²) in [4.78, 5) is 1.03. The largest absolute Gasteiger partial charge is 0.386 e. The van der Waals surface area contributed by atoms with Gasteiger partial charge in [-0.15, -0.1) is 11.3 Å². The Morgan fingerprint density at radius 2 is 2.07 bits per heavy atom. The molecule has 0 aliphatic carbocycles. The van der Waals surface area contributed by atoms with E-state index in [2.05, 4.69) is 0 Å². The Kier molecular flexibility index (Phi) is 2.62. The summed E-state index contributed by atoms with van der Waals surface area (Å²) >= 11 is 1.56. The fourth-order valence-corrected chi connectivity index (χ4v) is 2.38. The van der Waals surface area contributed by atoms with E-state index >= 15 is 0 Å². The molecule has 3 nitrogen and oxygen atoms in total. The van der Waals surface area contributed by atoms with E-state index in [1.165, 1.54) is 0 Å². The van der Waals surface area contributed by atoms with Crippen LogP contribution in [0.5, 0.6) is 0 Å². The van der Waals surface area contributed by atoms with Gasteiger partial charge in [0.1, 0.15) is 0 Å². The molecule has 0 radical (unpaired) electrons. The summed E-state index contributed by atoms with van der Waals surface area (Å²) in [5, 5.41) is 11.7. The fourth-order valence-electron chi connectivity index (χ4n) is 1.32. The second-order valence-electron chi connectivity index (χ2n) is 3.87. The van der Waals surface area contributed by atoms with Gasteiger partial charge in [-0.05, 0) is 30.9 Å². The van der Waals surface area contributed by atoms with Crippen LogP contribution in [0.1, 0.15) is 30.6 Å². The maximum absolute atomic E-state index is 9.77. The molecule has 1 fully saturated rings. The van der Waals surface area contributed by atoms with Gasteiger partial charge < -0.3 is 14.6 Å². The van der Waals surface area contributed by atoms with Crippen LogP contribution in [-0.4, -0.2) is 18.3 Å². The van der Waals surface area contributed by atoms with Crippen molar-refractivity contribution in [2.45, 2.75) is 25.7 Å². The Labute approximate surface area is 87.3 Å². The van der Waals surface area contributed by atoms with E-state index in [0.717, 1.165) is 10.4 Å². The molecule has 1 aliphatic heterocycles. The van der Waals surface area contributed by atoms with Crippen molar-refractivity contribution in [2.75, 3.05) is 13.2 Å². The Morgan fingerprint density at radius 3 is 2.57 bits per heavy atom. The minimum Gasteiger partial charge on any atom is -0.386 e. The summed E-state index contributed by atoms with van der Waals surface area (Å²) in [7, 11) is 0. The van der Waals surface area contributed by atoms with Crippen molar-refractivity contribution in [3.8, 4) is 0 Å². The molecule has 0 saturated carbocycles. The molecule has 14 heavy (non-hydrogen) atoms. The minimum absolute atomic E-state index is 0.226. The highest BCUT2D eigenvalue weighted by atomic mass is 32.1. The van der Waals surface area contributed by atoms with Gasteiger partial charge in [-0.25, -0.2) is 0 Å². The highest BCUT2D eigenvalue weighted by molar-refractivity contribution is 7.10. The highest BCUT2D eigenvalue weighted by Crippen LogP contribution is 2.32. The summed E-state index contributed by atoms with van der Waals surface area (Å²) in [5.74, 6) is 0. The topological polar surface area (TPSA) is 38.7 Å². The van der Waals surface area contributed by atoms with Gasteiger partial charge in [-0.2, -0.15) is 0 Å². The number of aliphatic hydroxyl groups is 1. The van der Waals surface area contributed by atoms with E-state index in [4.69, 9.17) is 9.47 Å². The molecule has 2 heterocycles. The fraction of sp³-hybridized carbons (Fsp3) is 0.600. The Balaban J connectivity index is 2.17. The second kappa shape index (κ2) is 3.62. The molecule has 4 heteroatoms. The van der Waals surface area contributed by atoms with Crippen LogP contribution in [0.25, 0.3) is 0 Å². The van der Waals surface area contributed by atoms with E-state index in [0.29, 0.717) is 13.2 Å². The first kappa shape index (κ1) is 10.1. The smallest absolute Gasteiger partial charge is 0.193 e. The van der Waals surface area contributed by atoms with E-state index < -0.39 is 5.60 Å². The molecule has 0 aromatic carbocycles. The van der Waals surface area contributed by atoms with Crippen LogP contribution in [0.15, 0.2) is 11.4 Å². The van der Waals surface area contributed by atoms with Crippen molar-refractivity contribution in [3.05, 3.63) is 21.9 Å². The first-order valence-corrected chi connectivity index (χ1v) is 5.50. The lowest BCUT2D eigenvalue weighted by atomic mass is 10.0. The van der Waals surface area contributed by atoms with Crippen LogP contribution >= 0.6 is 11.3 Å². The lowest BCUT2D eigenvalue weighted by molar-refractivity contribution is -0.0414. The Bertz CT molecular complexity index is 307. The van der Waals surface area contributed by atoms with Crippen molar-refractivity contribution in [1.82, 2.24) is 0 Å². The third kappa shape index (κ3) is 1.98. The Morgan fingerprint density at radius 1 is 1.43 bits per heavy atom. The van der Waals surface area contributed by atoms with Crippen LogP contribution < -0.4 is 0 Å². The highest BCUT2D eigenvalue weighted by Gasteiger charge is 2.23. The molecule has 78 valence electrons. The molecule has 0 amide bonds. The van der Waals surface area contributed by atoms with Gasteiger partial charge in [-0.1, -0.05) is 0 Å². The van der Waals surface area contributed by atoms with Crippen molar-refractivity contribution in [1.29, 1.82) is 0 Å². The number of hydrogen-bond donors (Lipinski definition) is 1. The molecule has 0 atom stereocenters. The first-order chi connectivity index (χ1) is 6.57. The molecule has 1 N–H and O–H groups in total. The molecule has 1 aromatic rings. The number of rotatable bonds is 2. The predicted molar refractivity (Wildman–Crippen MR) is 54.2 cm³/mol. The number of ether oxygens (including phenoxy) is 2. The first-order valence-electron chi connectivity index (χ1n) is 4.62. The van der Waals surface area contributed by atoms with Gasteiger partial charge in [0.05, 0.1) is 23.7 Å². The van der Waals surface area contributed by atoms with Gasteiger partial charge in [0, 0.05) is 0 Å². The molecule has 1 saturated heterocycles. The zero-order valence-electron chi connectivity index (χ0n) is 8.32. The van der Waals surface area contributed by atoms with E-state index in [9.17, 15) is 5.11 Å². The van der Waals surface area contributed by atoms with Gasteiger partial charge >= 0.3 is 0 Å². The number of hydrogen-bond acceptors (Lipinski definition) is 4. The molecule has 0 bridgehead atoms. The zero-order valence-corrected chi connectivity index (χ0v) is 9.13. The summed E-state index contributed by atoms with van der Waals surface area (Å²) in [6.45, 7) is 4.85. The summed E-state index contributed by atoms with van der Waals surface area (Å²) < 4.78 is 10.7. The zero-order chi connectivity index (χ0) is 10.2. The monoisotopic (exact) mass is 214 g/mol. The average molecular weight is 214 g/mol. The molecule has 1 aromatic heterocycles. The van der Waals surface area contributed by atoms with Crippen LogP contribution in [0, 0.1) is 0 Å². The average Bonchev–Trinajstić information content (AvgIpc) is 2.73. The predicted octanol–water partition coefficient (Wildman–Crippen LogP) is 2.02. The van der Waals surface area contributed by atoms with Crippen molar-refractivity contribution < 1.29 is 14.6 Å². The maximum Gasteiger partial charge on any atom is 0.193 e. The van der Waals surface area contributed by atoms with Gasteiger partial charge in [0.2, 0.25) is 0 Å². The summed E-state index contributed by atoms with van der Waals surface area (Å²) in [5.41, 5.74) is 0.129. The molecule has 1 aliphatic rings. The SMILES string of the molecule is CC(C)(O)c1csc(C2OCCO2)c1. The van der Waals surface area contributed by atoms with Gasteiger partial charge in [0.25, 0.3) is 0 Å². The van der Waals surface area contributed by atoms with Crippen LogP contribution in [-0.2, 0) is 15.1 Å². The Hall–Kier alpha value is -0.420. The van der Waals surface area contributed by atoms with E-state index in [1.54, 1.807) is 25.2 Å². The van der Waals surface area contributed by atoms with E-state index in [-0.39, 0.29) is 6.29 Å².